The highest BCUT2D eigenvalue weighted by Gasteiger charge is 2.28. The fourth-order valence-corrected chi connectivity index (χ4v) is 4.31. The van der Waals surface area contributed by atoms with E-state index in [1.807, 2.05) is 45.1 Å². The van der Waals surface area contributed by atoms with Crippen molar-refractivity contribution in [1.29, 1.82) is 0 Å². The highest BCUT2D eigenvalue weighted by Crippen LogP contribution is 2.27. The van der Waals surface area contributed by atoms with Crippen LogP contribution >= 0.6 is 22.9 Å². The summed E-state index contributed by atoms with van der Waals surface area (Å²) >= 11 is 7.55. The number of halogens is 1. The third kappa shape index (κ3) is 3.17. The summed E-state index contributed by atoms with van der Waals surface area (Å²) in [6.45, 7) is 2.23. The summed E-state index contributed by atoms with van der Waals surface area (Å²) in [7, 11) is 1.70. The normalized spacial score (nSPS) is 17.5. The van der Waals surface area contributed by atoms with Crippen LogP contribution in [0.25, 0.3) is 16.2 Å². The molecule has 0 saturated carbocycles. The molecule has 7 heteroatoms. The molecule has 1 aromatic carbocycles. The Labute approximate surface area is 154 Å². The van der Waals surface area contributed by atoms with Crippen molar-refractivity contribution in [3.05, 3.63) is 46.6 Å². The average molecular weight is 376 g/mol. The number of rotatable bonds is 4. The van der Waals surface area contributed by atoms with E-state index in [1.165, 1.54) is 11.3 Å². The summed E-state index contributed by atoms with van der Waals surface area (Å²) < 4.78 is 7.10. The van der Waals surface area contributed by atoms with E-state index in [-0.39, 0.29) is 5.91 Å². The number of aromatic nitrogens is 2. The molecule has 0 aliphatic carbocycles. The second kappa shape index (κ2) is 6.78. The minimum absolute atomic E-state index is 0.0555. The molecule has 0 bridgehead atoms. The van der Waals surface area contributed by atoms with Gasteiger partial charge in [0.1, 0.15) is 5.69 Å². The molecule has 0 radical (unpaired) electrons. The molecule has 0 unspecified atom stereocenters. The molecule has 1 aliphatic heterocycles. The van der Waals surface area contributed by atoms with Gasteiger partial charge in [-0.3, -0.25) is 9.20 Å². The van der Waals surface area contributed by atoms with E-state index >= 15 is 0 Å². The Bertz CT molecular complexity index is 920. The van der Waals surface area contributed by atoms with Crippen LogP contribution in [0.1, 0.15) is 16.9 Å². The van der Waals surface area contributed by atoms with Crippen LogP contribution in [0, 0.1) is 5.92 Å². The van der Waals surface area contributed by atoms with Crippen LogP contribution in [-0.4, -0.2) is 47.0 Å². The molecular weight excluding hydrogens is 358 g/mol. The molecule has 4 rings (SSSR count). The number of hydrogen-bond donors (Lipinski definition) is 0. The molecule has 1 fully saturated rings. The lowest BCUT2D eigenvalue weighted by molar-refractivity contribution is 0.0769. The van der Waals surface area contributed by atoms with Crippen molar-refractivity contribution in [2.24, 2.45) is 5.92 Å². The van der Waals surface area contributed by atoms with Gasteiger partial charge in [0, 0.05) is 48.3 Å². The number of nitrogens with zero attached hydrogens (tertiary/aromatic N) is 3. The number of imidazole rings is 1. The Morgan fingerprint density at radius 1 is 1.48 bits per heavy atom. The van der Waals surface area contributed by atoms with Gasteiger partial charge in [0.25, 0.3) is 5.91 Å². The first-order valence-electron chi connectivity index (χ1n) is 8.16. The van der Waals surface area contributed by atoms with Crippen LogP contribution in [0.15, 0.2) is 35.8 Å². The van der Waals surface area contributed by atoms with Gasteiger partial charge >= 0.3 is 0 Å². The number of fused-ring (bicyclic) bond motifs is 1. The van der Waals surface area contributed by atoms with Gasteiger partial charge in [0.2, 0.25) is 0 Å². The van der Waals surface area contributed by atoms with Crippen molar-refractivity contribution < 1.29 is 9.53 Å². The molecule has 5 nitrogen and oxygen atoms in total. The van der Waals surface area contributed by atoms with E-state index in [0.29, 0.717) is 23.2 Å². The Hall–Kier alpha value is -1.89. The van der Waals surface area contributed by atoms with Crippen molar-refractivity contribution in [2.45, 2.75) is 6.42 Å². The number of thiazole rings is 1. The highest BCUT2D eigenvalue weighted by atomic mass is 35.5. The summed E-state index contributed by atoms with van der Waals surface area (Å²) in [6, 6.07) is 7.58. The van der Waals surface area contributed by atoms with Gasteiger partial charge < -0.3 is 9.64 Å². The SMILES string of the molecule is COC[C@@H]1CCN(C(=O)c2csc3nc(-c4cccc(Cl)c4)cn23)C1. The molecule has 1 atom stereocenters. The lowest BCUT2D eigenvalue weighted by Gasteiger charge is -2.15. The fraction of sp³-hybridized carbons (Fsp3) is 0.333. The number of amides is 1. The molecule has 130 valence electrons. The van der Waals surface area contributed by atoms with Crippen molar-refractivity contribution in [3.8, 4) is 11.3 Å². The quantitative estimate of drug-likeness (QED) is 0.696. The zero-order valence-corrected chi connectivity index (χ0v) is 15.4. The zero-order chi connectivity index (χ0) is 17.4. The number of likely N-dealkylation sites (tertiary alicyclic amines) is 1. The van der Waals surface area contributed by atoms with E-state index in [4.69, 9.17) is 16.3 Å². The van der Waals surface area contributed by atoms with Crippen LogP contribution in [0.5, 0.6) is 0 Å². The Morgan fingerprint density at radius 2 is 2.36 bits per heavy atom. The van der Waals surface area contributed by atoms with E-state index in [2.05, 4.69) is 4.98 Å². The van der Waals surface area contributed by atoms with Gasteiger partial charge in [-0.1, -0.05) is 23.7 Å². The van der Waals surface area contributed by atoms with Crippen LogP contribution in [-0.2, 0) is 4.74 Å². The molecule has 1 amide bonds. The molecule has 0 spiro atoms. The third-order valence-corrected chi connectivity index (χ3v) is 5.60. The maximum Gasteiger partial charge on any atom is 0.271 e. The van der Waals surface area contributed by atoms with E-state index in [0.717, 1.165) is 35.7 Å². The topological polar surface area (TPSA) is 46.8 Å². The fourth-order valence-electron chi connectivity index (χ4n) is 3.28. The largest absolute Gasteiger partial charge is 0.384 e. The second-order valence-corrected chi connectivity index (χ2v) is 7.54. The zero-order valence-electron chi connectivity index (χ0n) is 13.8. The monoisotopic (exact) mass is 375 g/mol. The molecule has 3 heterocycles. The van der Waals surface area contributed by atoms with E-state index < -0.39 is 0 Å². The second-order valence-electron chi connectivity index (χ2n) is 6.27. The summed E-state index contributed by atoms with van der Waals surface area (Å²) in [5.74, 6) is 0.479. The van der Waals surface area contributed by atoms with Crippen molar-refractivity contribution >= 4 is 33.8 Å². The minimum Gasteiger partial charge on any atom is -0.384 e. The van der Waals surface area contributed by atoms with Gasteiger partial charge in [0.05, 0.1) is 12.3 Å². The average Bonchev–Trinajstić information content (AvgIpc) is 3.30. The summed E-state index contributed by atoms with van der Waals surface area (Å²) in [5.41, 5.74) is 2.43. The van der Waals surface area contributed by atoms with Gasteiger partial charge in [-0.25, -0.2) is 4.98 Å². The van der Waals surface area contributed by atoms with Crippen LogP contribution in [0.3, 0.4) is 0 Å². The van der Waals surface area contributed by atoms with Crippen molar-refractivity contribution in [3.63, 3.8) is 0 Å². The van der Waals surface area contributed by atoms with Crippen LogP contribution < -0.4 is 0 Å². The Kier molecular flexibility index (Phi) is 4.50. The number of carbonyl (C=O) groups excluding carboxylic acids is 1. The maximum atomic E-state index is 12.9. The molecule has 1 aliphatic rings. The Morgan fingerprint density at radius 3 is 3.16 bits per heavy atom. The Balaban J connectivity index is 1.62. The van der Waals surface area contributed by atoms with E-state index in [1.54, 1.807) is 7.11 Å². The van der Waals surface area contributed by atoms with Crippen molar-refractivity contribution in [1.82, 2.24) is 14.3 Å². The summed E-state index contributed by atoms with van der Waals surface area (Å²) in [6.07, 6.45) is 2.90. The molecule has 2 aromatic heterocycles. The minimum atomic E-state index is 0.0555. The lowest BCUT2D eigenvalue weighted by Crippen LogP contribution is -2.30. The van der Waals surface area contributed by atoms with Gasteiger partial charge in [-0.05, 0) is 18.6 Å². The smallest absolute Gasteiger partial charge is 0.271 e. The number of ether oxygens (including phenoxy) is 1. The number of carbonyl (C=O) groups is 1. The first kappa shape index (κ1) is 16.6. The lowest BCUT2D eigenvalue weighted by atomic mass is 10.1. The predicted molar refractivity (Wildman–Crippen MR) is 99.4 cm³/mol. The third-order valence-electron chi connectivity index (χ3n) is 4.52. The predicted octanol–water partition coefficient (Wildman–Crippen LogP) is 3.82. The van der Waals surface area contributed by atoms with Crippen molar-refractivity contribution in [2.75, 3.05) is 26.8 Å². The van der Waals surface area contributed by atoms with Gasteiger partial charge in [-0.2, -0.15) is 0 Å². The van der Waals surface area contributed by atoms with E-state index in [9.17, 15) is 4.79 Å². The summed E-state index contributed by atoms with van der Waals surface area (Å²) in [5, 5.41) is 2.56. The van der Waals surface area contributed by atoms with Crippen LogP contribution in [0.2, 0.25) is 5.02 Å². The maximum absolute atomic E-state index is 12.9. The first-order valence-corrected chi connectivity index (χ1v) is 9.42. The number of hydrogen-bond acceptors (Lipinski definition) is 4. The van der Waals surface area contributed by atoms with Crippen LogP contribution in [0.4, 0.5) is 0 Å². The standard InChI is InChI=1S/C18H18ClN3O2S/c1-24-10-12-5-6-21(8-12)17(23)16-11-25-18-20-15(9-22(16)18)13-3-2-4-14(19)7-13/h2-4,7,9,11-12H,5-6,8,10H2,1H3/t12-/m1/s1. The molecule has 25 heavy (non-hydrogen) atoms. The first-order chi connectivity index (χ1) is 12.2. The van der Waals surface area contributed by atoms with Gasteiger partial charge in [-0.15, -0.1) is 11.3 Å². The molecular formula is C18H18ClN3O2S. The highest BCUT2D eigenvalue weighted by molar-refractivity contribution is 7.15. The number of methoxy groups -OCH3 is 1. The summed E-state index contributed by atoms with van der Waals surface area (Å²) in [4.78, 5) is 20.2. The van der Waals surface area contributed by atoms with Gasteiger partial charge in [0.15, 0.2) is 4.96 Å². The molecule has 1 saturated heterocycles. The number of benzene rings is 1. The molecule has 3 aromatic rings. The molecule has 0 N–H and O–H groups in total.